The van der Waals surface area contributed by atoms with Gasteiger partial charge in [0.25, 0.3) is 0 Å². The minimum atomic E-state index is 0.607. The summed E-state index contributed by atoms with van der Waals surface area (Å²) >= 11 is 0. The number of benzene rings is 1. The van der Waals surface area contributed by atoms with Gasteiger partial charge in [0.1, 0.15) is 18.7 Å². The van der Waals surface area contributed by atoms with Crippen LogP contribution in [0, 0.1) is 18.3 Å². The first-order valence-corrected chi connectivity index (χ1v) is 4.17. The molecule has 2 aromatic rings. The summed E-state index contributed by atoms with van der Waals surface area (Å²) < 4.78 is 1.58. The highest BCUT2D eigenvalue weighted by atomic mass is 15.3. The first kappa shape index (κ1) is 8.45. The molecule has 1 aromatic heterocycles. The van der Waals surface area contributed by atoms with Crippen molar-refractivity contribution in [3.05, 3.63) is 42.0 Å². The van der Waals surface area contributed by atoms with E-state index < -0.39 is 0 Å². The molecule has 0 saturated heterocycles. The molecule has 0 aliphatic rings. The van der Waals surface area contributed by atoms with E-state index in [4.69, 9.17) is 5.26 Å². The average Bonchev–Trinajstić information content (AvgIpc) is 2.70. The molecule has 0 atom stereocenters. The molecule has 0 spiro atoms. The van der Waals surface area contributed by atoms with Crippen LogP contribution in [0.3, 0.4) is 0 Å². The van der Waals surface area contributed by atoms with E-state index in [1.807, 2.05) is 25.1 Å². The van der Waals surface area contributed by atoms with Gasteiger partial charge in [0, 0.05) is 0 Å². The summed E-state index contributed by atoms with van der Waals surface area (Å²) in [5.74, 6) is 0. The molecule has 0 unspecified atom stereocenters. The van der Waals surface area contributed by atoms with E-state index in [2.05, 4.69) is 16.2 Å². The maximum atomic E-state index is 8.93. The standard InChI is InChI=1S/C10H8N4/c1-8-2-3-10(9(4-8)5-11)14-7-12-6-13-14/h2-4,6-7H,1H3. The fourth-order valence-corrected chi connectivity index (χ4v) is 1.27. The smallest absolute Gasteiger partial charge is 0.138 e. The molecule has 0 fully saturated rings. The molecule has 1 heterocycles. The highest BCUT2D eigenvalue weighted by Crippen LogP contribution is 2.13. The van der Waals surface area contributed by atoms with E-state index in [9.17, 15) is 0 Å². The van der Waals surface area contributed by atoms with Gasteiger partial charge in [0.15, 0.2) is 0 Å². The zero-order valence-electron chi connectivity index (χ0n) is 7.68. The van der Waals surface area contributed by atoms with E-state index in [1.54, 1.807) is 11.0 Å². The summed E-state index contributed by atoms with van der Waals surface area (Å²) in [6, 6.07) is 7.77. The first-order chi connectivity index (χ1) is 6.81. The van der Waals surface area contributed by atoms with Crippen molar-refractivity contribution in [3.8, 4) is 11.8 Å². The number of aryl methyl sites for hydroxylation is 1. The third kappa shape index (κ3) is 1.36. The number of aromatic nitrogens is 3. The van der Waals surface area contributed by atoms with Gasteiger partial charge in [-0.1, -0.05) is 6.07 Å². The van der Waals surface area contributed by atoms with Gasteiger partial charge < -0.3 is 0 Å². The van der Waals surface area contributed by atoms with Crippen LogP contribution in [0.2, 0.25) is 0 Å². The largest absolute Gasteiger partial charge is 0.223 e. The lowest BCUT2D eigenvalue weighted by molar-refractivity contribution is 0.875. The summed E-state index contributed by atoms with van der Waals surface area (Å²) in [7, 11) is 0. The quantitative estimate of drug-likeness (QED) is 0.674. The number of hydrogen-bond donors (Lipinski definition) is 0. The first-order valence-electron chi connectivity index (χ1n) is 4.17. The Morgan fingerprint density at radius 2 is 2.29 bits per heavy atom. The SMILES string of the molecule is Cc1ccc(-n2cncn2)c(C#N)c1. The lowest BCUT2D eigenvalue weighted by Crippen LogP contribution is -1.97. The number of rotatable bonds is 1. The summed E-state index contributed by atoms with van der Waals surface area (Å²) in [4.78, 5) is 3.84. The van der Waals surface area contributed by atoms with Gasteiger partial charge in [-0.15, -0.1) is 0 Å². The molecule has 0 N–H and O–H groups in total. The number of nitrogens with zero attached hydrogens (tertiary/aromatic N) is 4. The zero-order chi connectivity index (χ0) is 9.97. The summed E-state index contributed by atoms with van der Waals surface area (Å²) in [6.07, 6.45) is 3.02. The van der Waals surface area contributed by atoms with Gasteiger partial charge >= 0.3 is 0 Å². The van der Waals surface area contributed by atoms with Crippen molar-refractivity contribution in [1.82, 2.24) is 14.8 Å². The topological polar surface area (TPSA) is 54.5 Å². The molecule has 0 amide bonds. The van der Waals surface area contributed by atoms with E-state index >= 15 is 0 Å². The second-order valence-corrected chi connectivity index (χ2v) is 2.97. The molecule has 0 bridgehead atoms. The van der Waals surface area contributed by atoms with Gasteiger partial charge in [-0.2, -0.15) is 10.4 Å². The molecule has 4 nitrogen and oxygen atoms in total. The molecular formula is C10H8N4. The van der Waals surface area contributed by atoms with Crippen LogP contribution >= 0.6 is 0 Å². The fourth-order valence-electron chi connectivity index (χ4n) is 1.27. The fraction of sp³-hybridized carbons (Fsp3) is 0.100. The lowest BCUT2D eigenvalue weighted by atomic mass is 10.1. The van der Waals surface area contributed by atoms with Crippen LogP contribution in [-0.4, -0.2) is 14.8 Å². The number of hydrogen-bond acceptors (Lipinski definition) is 3. The molecule has 4 heteroatoms. The Bertz CT molecular complexity index is 479. The molecule has 0 aliphatic heterocycles. The lowest BCUT2D eigenvalue weighted by Gasteiger charge is -2.03. The minimum Gasteiger partial charge on any atom is -0.223 e. The van der Waals surface area contributed by atoms with Crippen molar-refractivity contribution in [2.24, 2.45) is 0 Å². The Hall–Kier alpha value is -2.15. The van der Waals surface area contributed by atoms with Crippen molar-refractivity contribution in [1.29, 1.82) is 5.26 Å². The van der Waals surface area contributed by atoms with Gasteiger partial charge in [-0.25, -0.2) is 9.67 Å². The molecule has 68 valence electrons. The second kappa shape index (κ2) is 3.30. The molecule has 14 heavy (non-hydrogen) atoms. The van der Waals surface area contributed by atoms with Crippen LogP contribution in [0.5, 0.6) is 0 Å². The average molecular weight is 184 g/mol. The van der Waals surface area contributed by atoms with Gasteiger partial charge in [0.2, 0.25) is 0 Å². The second-order valence-electron chi connectivity index (χ2n) is 2.97. The van der Waals surface area contributed by atoms with Crippen LogP contribution in [0.4, 0.5) is 0 Å². The van der Waals surface area contributed by atoms with Gasteiger partial charge in [-0.05, 0) is 24.6 Å². The van der Waals surface area contributed by atoms with Crippen LogP contribution in [-0.2, 0) is 0 Å². The van der Waals surface area contributed by atoms with E-state index in [-0.39, 0.29) is 0 Å². The molecule has 0 radical (unpaired) electrons. The Labute approximate surface area is 81.4 Å². The predicted molar refractivity (Wildman–Crippen MR) is 50.8 cm³/mol. The minimum absolute atomic E-state index is 0.607. The normalized spacial score (nSPS) is 9.71. The Morgan fingerprint density at radius 1 is 1.43 bits per heavy atom. The predicted octanol–water partition coefficient (Wildman–Crippen LogP) is 1.45. The number of nitriles is 1. The summed E-state index contributed by atoms with van der Waals surface area (Å²) in [5, 5.41) is 12.9. The molecule has 0 saturated carbocycles. The molecule has 0 aliphatic carbocycles. The van der Waals surface area contributed by atoms with Crippen molar-refractivity contribution in [2.75, 3.05) is 0 Å². The van der Waals surface area contributed by atoms with Gasteiger partial charge in [0.05, 0.1) is 11.3 Å². The van der Waals surface area contributed by atoms with Crippen molar-refractivity contribution in [2.45, 2.75) is 6.92 Å². The Balaban J connectivity index is 2.60. The third-order valence-electron chi connectivity index (χ3n) is 1.94. The van der Waals surface area contributed by atoms with Crippen molar-refractivity contribution in [3.63, 3.8) is 0 Å². The molecule has 1 aromatic carbocycles. The summed E-state index contributed by atoms with van der Waals surface area (Å²) in [5.41, 5.74) is 2.43. The monoisotopic (exact) mass is 184 g/mol. The Morgan fingerprint density at radius 3 is 2.93 bits per heavy atom. The zero-order valence-corrected chi connectivity index (χ0v) is 7.68. The van der Waals surface area contributed by atoms with Crippen molar-refractivity contribution < 1.29 is 0 Å². The highest BCUT2D eigenvalue weighted by molar-refractivity contribution is 5.49. The van der Waals surface area contributed by atoms with E-state index in [0.717, 1.165) is 11.3 Å². The maximum Gasteiger partial charge on any atom is 0.138 e. The van der Waals surface area contributed by atoms with Crippen molar-refractivity contribution >= 4 is 0 Å². The van der Waals surface area contributed by atoms with Gasteiger partial charge in [-0.3, -0.25) is 0 Å². The van der Waals surface area contributed by atoms with Crippen LogP contribution in [0.15, 0.2) is 30.9 Å². The highest BCUT2D eigenvalue weighted by Gasteiger charge is 2.04. The van der Waals surface area contributed by atoms with Crippen LogP contribution in [0.25, 0.3) is 5.69 Å². The maximum absolute atomic E-state index is 8.93. The summed E-state index contributed by atoms with van der Waals surface area (Å²) in [6.45, 7) is 1.95. The molecule has 2 rings (SSSR count). The van der Waals surface area contributed by atoms with Crippen LogP contribution in [0.1, 0.15) is 11.1 Å². The van der Waals surface area contributed by atoms with E-state index in [1.165, 1.54) is 6.33 Å². The van der Waals surface area contributed by atoms with Crippen LogP contribution < -0.4 is 0 Å². The Kier molecular flexibility index (Phi) is 1.99. The third-order valence-corrected chi connectivity index (χ3v) is 1.94. The molecular weight excluding hydrogens is 176 g/mol. The van der Waals surface area contributed by atoms with E-state index in [0.29, 0.717) is 5.56 Å².